The van der Waals surface area contributed by atoms with Gasteiger partial charge in [0.2, 0.25) is 5.91 Å². The zero-order valence-electron chi connectivity index (χ0n) is 16.3. The third kappa shape index (κ3) is 5.80. The minimum atomic E-state index is -0.0602. The van der Waals surface area contributed by atoms with Crippen molar-refractivity contribution < 1.29 is 14.1 Å². The van der Waals surface area contributed by atoms with E-state index in [1.54, 1.807) is 13.0 Å². The molecule has 7 nitrogen and oxygen atoms in total. The first-order valence-electron chi connectivity index (χ1n) is 9.37. The minimum Gasteiger partial charge on any atom is -0.492 e. The summed E-state index contributed by atoms with van der Waals surface area (Å²) >= 11 is 0. The molecule has 1 fully saturated rings. The van der Waals surface area contributed by atoms with E-state index in [1.165, 1.54) is 11.1 Å². The summed E-state index contributed by atoms with van der Waals surface area (Å²) in [6, 6.07) is 7.99. The van der Waals surface area contributed by atoms with Gasteiger partial charge in [0, 0.05) is 38.8 Å². The number of carbonyl (C=O) groups excluding carboxylic acids is 1. The lowest BCUT2D eigenvalue weighted by Gasteiger charge is -2.34. The third-order valence-electron chi connectivity index (χ3n) is 4.74. The Kier molecular flexibility index (Phi) is 6.47. The van der Waals surface area contributed by atoms with Crippen LogP contribution in [0, 0.1) is 20.8 Å². The van der Waals surface area contributed by atoms with Crippen molar-refractivity contribution in [3.8, 4) is 5.75 Å². The number of benzene rings is 1. The molecular weight excluding hydrogens is 344 g/mol. The summed E-state index contributed by atoms with van der Waals surface area (Å²) in [7, 11) is 0. The summed E-state index contributed by atoms with van der Waals surface area (Å²) in [4.78, 5) is 16.6. The quantitative estimate of drug-likeness (QED) is 0.804. The molecular formula is C20H28N4O3. The largest absolute Gasteiger partial charge is 0.492 e. The van der Waals surface area contributed by atoms with Crippen LogP contribution in [0.15, 0.2) is 28.8 Å². The van der Waals surface area contributed by atoms with Crippen molar-refractivity contribution >= 4 is 11.7 Å². The fraction of sp³-hybridized carbons (Fsp3) is 0.500. The Balaban J connectivity index is 1.35. The van der Waals surface area contributed by atoms with Gasteiger partial charge in [0.1, 0.15) is 18.1 Å². The fourth-order valence-electron chi connectivity index (χ4n) is 3.13. The molecule has 0 saturated carbocycles. The zero-order chi connectivity index (χ0) is 19.2. The lowest BCUT2D eigenvalue weighted by Crippen LogP contribution is -2.49. The molecule has 1 aromatic heterocycles. The maximum atomic E-state index is 12.1. The van der Waals surface area contributed by atoms with Crippen LogP contribution in [0.5, 0.6) is 5.75 Å². The number of amides is 1. The van der Waals surface area contributed by atoms with Crippen molar-refractivity contribution in [2.24, 2.45) is 0 Å². The first-order chi connectivity index (χ1) is 13.0. The Hall–Kier alpha value is -2.38. The number of ether oxygens (including phenoxy) is 1. The van der Waals surface area contributed by atoms with Crippen LogP contribution >= 0.6 is 0 Å². The molecule has 146 valence electrons. The van der Waals surface area contributed by atoms with E-state index < -0.39 is 0 Å². The second kappa shape index (κ2) is 9.01. The smallest absolute Gasteiger partial charge is 0.239 e. The molecule has 27 heavy (non-hydrogen) atoms. The van der Waals surface area contributed by atoms with Gasteiger partial charge >= 0.3 is 0 Å². The number of aromatic nitrogens is 1. The van der Waals surface area contributed by atoms with E-state index in [-0.39, 0.29) is 5.91 Å². The van der Waals surface area contributed by atoms with Crippen molar-refractivity contribution in [1.29, 1.82) is 0 Å². The average molecular weight is 372 g/mol. The van der Waals surface area contributed by atoms with Gasteiger partial charge in [-0.05, 0) is 38.0 Å². The monoisotopic (exact) mass is 372 g/mol. The molecule has 1 aliphatic heterocycles. The Morgan fingerprint density at radius 1 is 1.15 bits per heavy atom. The molecule has 7 heteroatoms. The molecule has 0 atom stereocenters. The highest BCUT2D eigenvalue weighted by molar-refractivity contribution is 5.91. The van der Waals surface area contributed by atoms with Gasteiger partial charge in [-0.15, -0.1) is 0 Å². The molecule has 3 rings (SSSR count). The molecule has 1 N–H and O–H groups in total. The second-order valence-corrected chi connectivity index (χ2v) is 7.11. The van der Waals surface area contributed by atoms with Crippen LogP contribution in [0.3, 0.4) is 0 Å². The number of aryl methyl sites for hydroxylation is 3. The normalized spacial score (nSPS) is 15.7. The van der Waals surface area contributed by atoms with E-state index in [1.807, 2.05) is 0 Å². The number of nitrogens with one attached hydrogen (secondary N) is 1. The molecule has 0 unspecified atom stereocenters. The molecule has 0 radical (unpaired) electrons. The zero-order valence-corrected chi connectivity index (χ0v) is 16.3. The van der Waals surface area contributed by atoms with Gasteiger partial charge < -0.3 is 14.6 Å². The Morgan fingerprint density at radius 3 is 2.59 bits per heavy atom. The van der Waals surface area contributed by atoms with Crippen molar-refractivity contribution in [2.75, 3.05) is 51.2 Å². The van der Waals surface area contributed by atoms with Crippen LogP contribution in [-0.2, 0) is 4.79 Å². The summed E-state index contributed by atoms with van der Waals surface area (Å²) in [5.74, 6) is 2.06. The van der Waals surface area contributed by atoms with E-state index in [9.17, 15) is 4.79 Å². The number of hydrogen-bond donors (Lipinski definition) is 1. The number of piperazine rings is 1. The molecule has 1 aromatic carbocycles. The average Bonchev–Trinajstić information content (AvgIpc) is 3.04. The van der Waals surface area contributed by atoms with Crippen molar-refractivity contribution in [2.45, 2.75) is 20.8 Å². The number of anilines is 1. The molecule has 0 spiro atoms. The van der Waals surface area contributed by atoms with Gasteiger partial charge in [0.05, 0.1) is 6.54 Å². The highest BCUT2D eigenvalue weighted by atomic mass is 16.5. The van der Waals surface area contributed by atoms with E-state index in [2.05, 4.69) is 52.3 Å². The van der Waals surface area contributed by atoms with Gasteiger partial charge in [0.25, 0.3) is 0 Å². The second-order valence-electron chi connectivity index (χ2n) is 7.11. The Bertz CT molecular complexity index is 766. The first-order valence-corrected chi connectivity index (χ1v) is 9.37. The van der Waals surface area contributed by atoms with Crippen LogP contribution in [0.4, 0.5) is 5.82 Å². The van der Waals surface area contributed by atoms with Gasteiger partial charge in [-0.25, -0.2) is 0 Å². The highest BCUT2D eigenvalue weighted by Gasteiger charge is 2.19. The summed E-state index contributed by atoms with van der Waals surface area (Å²) in [6.07, 6.45) is 0. The van der Waals surface area contributed by atoms with Gasteiger partial charge in [-0.3, -0.25) is 14.6 Å². The van der Waals surface area contributed by atoms with Crippen LogP contribution in [0.25, 0.3) is 0 Å². The van der Waals surface area contributed by atoms with Crippen molar-refractivity contribution in [3.05, 3.63) is 41.2 Å². The van der Waals surface area contributed by atoms with E-state index >= 15 is 0 Å². The SMILES string of the molecule is Cc1ccc(C)c(OCCN2CCN(CC(=O)Nc3cc(C)on3)CC2)c1. The van der Waals surface area contributed by atoms with Crippen molar-refractivity contribution in [1.82, 2.24) is 15.0 Å². The molecule has 0 bridgehead atoms. The van der Waals surface area contributed by atoms with Gasteiger partial charge in [0.15, 0.2) is 5.82 Å². The highest BCUT2D eigenvalue weighted by Crippen LogP contribution is 2.19. The minimum absolute atomic E-state index is 0.0602. The number of carbonyl (C=O) groups is 1. The molecule has 0 aliphatic carbocycles. The van der Waals surface area contributed by atoms with Crippen molar-refractivity contribution in [3.63, 3.8) is 0 Å². The predicted octanol–water partition coefficient (Wildman–Crippen LogP) is 2.23. The van der Waals surface area contributed by atoms with Gasteiger partial charge in [-0.1, -0.05) is 17.3 Å². The maximum Gasteiger partial charge on any atom is 0.239 e. The molecule has 2 heterocycles. The van der Waals surface area contributed by atoms with E-state index in [0.29, 0.717) is 24.7 Å². The fourth-order valence-corrected chi connectivity index (χ4v) is 3.13. The topological polar surface area (TPSA) is 70.8 Å². The van der Waals surface area contributed by atoms with Crippen LogP contribution in [0.1, 0.15) is 16.9 Å². The Morgan fingerprint density at radius 2 is 1.89 bits per heavy atom. The molecule has 1 saturated heterocycles. The number of nitrogens with zero attached hydrogens (tertiary/aromatic N) is 3. The maximum absolute atomic E-state index is 12.1. The Labute approximate surface area is 160 Å². The van der Waals surface area contributed by atoms with E-state index in [4.69, 9.17) is 9.26 Å². The van der Waals surface area contributed by atoms with Crippen LogP contribution < -0.4 is 10.1 Å². The lowest BCUT2D eigenvalue weighted by molar-refractivity contribution is -0.117. The molecule has 1 amide bonds. The summed E-state index contributed by atoms with van der Waals surface area (Å²) in [5.41, 5.74) is 2.38. The third-order valence-corrected chi connectivity index (χ3v) is 4.74. The summed E-state index contributed by atoms with van der Waals surface area (Å²) < 4.78 is 10.9. The van der Waals surface area contributed by atoms with E-state index in [0.717, 1.165) is 38.5 Å². The summed E-state index contributed by atoms with van der Waals surface area (Å²) in [5, 5.41) is 6.55. The number of hydrogen-bond acceptors (Lipinski definition) is 6. The number of rotatable bonds is 7. The standard InChI is InChI=1S/C20H28N4O3/c1-15-4-5-16(2)18(12-15)26-11-10-23-6-8-24(9-7-23)14-20(25)21-19-13-17(3)27-22-19/h4-5,12-13H,6-11,14H2,1-3H3,(H,21,22,25). The molecule has 1 aliphatic rings. The molecule has 2 aromatic rings. The lowest BCUT2D eigenvalue weighted by atomic mass is 10.1. The van der Waals surface area contributed by atoms with Gasteiger partial charge in [-0.2, -0.15) is 0 Å². The predicted molar refractivity (Wildman–Crippen MR) is 104 cm³/mol. The first kappa shape index (κ1) is 19.4. The van der Waals surface area contributed by atoms with Crippen LogP contribution in [-0.4, -0.2) is 66.7 Å². The summed E-state index contributed by atoms with van der Waals surface area (Å²) in [6.45, 7) is 11.5. The van der Waals surface area contributed by atoms with Crippen LogP contribution in [0.2, 0.25) is 0 Å².